The quantitative estimate of drug-likeness (QED) is 0.484. The Labute approximate surface area is 112 Å². The van der Waals surface area contributed by atoms with Crippen molar-refractivity contribution in [1.82, 2.24) is 0 Å². The molecular formula is C9H5ClF3O5S-. The first-order valence-corrected chi connectivity index (χ1v) is 5.86. The van der Waals surface area contributed by atoms with E-state index in [1.54, 1.807) is 0 Å². The van der Waals surface area contributed by atoms with Gasteiger partial charge in [-0.05, 0) is 18.2 Å². The van der Waals surface area contributed by atoms with E-state index in [1.165, 1.54) is 0 Å². The topological polar surface area (TPSA) is 75.7 Å². The van der Waals surface area contributed by atoms with Crippen LogP contribution in [0.2, 0.25) is 5.02 Å². The minimum absolute atomic E-state index is 0.265. The van der Waals surface area contributed by atoms with Gasteiger partial charge in [-0.1, -0.05) is 11.6 Å². The van der Waals surface area contributed by atoms with Gasteiger partial charge in [-0.2, -0.15) is 13.2 Å². The van der Waals surface area contributed by atoms with Gasteiger partial charge in [0, 0.05) is 0 Å². The van der Waals surface area contributed by atoms with Crippen LogP contribution >= 0.6 is 11.6 Å². The number of ether oxygens (including phenoxy) is 1. The van der Waals surface area contributed by atoms with Crippen molar-refractivity contribution < 1.29 is 35.6 Å². The average molecular weight is 318 g/mol. The predicted molar refractivity (Wildman–Crippen MR) is 56.7 cm³/mol. The van der Waals surface area contributed by atoms with Crippen LogP contribution in [0.25, 0.3) is 0 Å². The van der Waals surface area contributed by atoms with Crippen LogP contribution in [-0.2, 0) is 26.5 Å². The Kier molecular flexibility index (Phi) is 5.29. The van der Waals surface area contributed by atoms with Gasteiger partial charge < -0.3 is 9.29 Å². The molecule has 0 aliphatic heterocycles. The second-order valence-corrected chi connectivity index (χ2v) is 4.12. The summed E-state index contributed by atoms with van der Waals surface area (Å²) in [5.41, 5.74) is -1.36. The molecule has 19 heavy (non-hydrogen) atoms. The van der Waals surface area contributed by atoms with E-state index in [0.717, 1.165) is 12.1 Å². The molecule has 0 N–H and O–H groups in total. The molecule has 0 aliphatic carbocycles. The molecule has 0 saturated heterocycles. The minimum atomic E-state index is -4.64. The van der Waals surface area contributed by atoms with Crippen molar-refractivity contribution in [3.63, 3.8) is 0 Å². The normalized spacial score (nSPS) is 13.1. The van der Waals surface area contributed by atoms with E-state index < -0.39 is 40.9 Å². The number of alkyl halides is 3. The zero-order chi connectivity index (χ0) is 14.6. The summed E-state index contributed by atoms with van der Waals surface area (Å²) in [5, 5.41) is -0.671. The maximum atomic E-state index is 12.4. The Morgan fingerprint density at radius 2 is 2.05 bits per heavy atom. The molecule has 0 bridgehead atoms. The van der Waals surface area contributed by atoms with Gasteiger partial charge in [0.2, 0.25) is 6.79 Å². The average Bonchev–Trinajstić information content (AvgIpc) is 2.26. The van der Waals surface area contributed by atoms with Crippen molar-refractivity contribution in [1.29, 1.82) is 0 Å². The lowest BCUT2D eigenvalue weighted by molar-refractivity contribution is -0.137. The lowest BCUT2D eigenvalue weighted by Crippen LogP contribution is -2.11. The highest BCUT2D eigenvalue weighted by molar-refractivity contribution is 7.74. The smallest absolute Gasteiger partial charge is 0.417 e. The molecule has 0 heterocycles. The molecule has 1 aromatic carbocycles. The van der Waals surface area contributed by atoms with Crippen molar-refractivity contribution >= 4 is 28.9 Å². The Morgan fingerprint density at radius 1 is 1.42 bits per heavy atom. The maximum Gasteiger partial charge on any atom is 0.417 e. The lowest BCUT2D eigenvalue weighted by Gasteiger charge is -2.10. The Bertz CT molecular complexity index is 505. The van der Waals surface area contributed by atoms with Crippen LogP contribution in [0.3, 0.4) is 0 Å². The fourth-order valence-corrected chi connectivity index (χ4v) is 1.49. The first kappa shape index (κ1) is 15.9. The molecule has 0 fully saturated rings. The zero-order valence-electron chi connectivity index (χ0n) is 8.90. The van der Waals surface area contributed by atoms with Crippen LogP contribution in [-0.4, -0.2) is 21.5 Å². The van der Waals surface area contributed by atoms with E-state index in [-0.39, 0.29) is 5.56 Å². The van der Waals surface area contributed by atoms with Gasteiger partial charge in [0.1, 0.15) is 0 Å². The molecular weight excluding hydrogens is 313 g/mol. The highest BCUT2D eigenvalue weighted by atomic mass is 35.5. The lowest BCUT2D eigenvalue weighted by atomic mass is 10.1. The van der Waals surface area contributed by atoms with Gasteiger partial charge in [0.25, 0.3) is 0 Å². The molecule has 10 heteroatoms. The second kappa shape index (κ2) is 6.33. The third-order valence-corrected chi connectivity index (χ3v) is 2.45. The van der Waals surface area contributed by atoms with E-state index in [0.29, 0.717) is 6.07 Å². The summed E-state index contributed by atoms with van der Waals surface area (Å²) in [6.45, 7) is -0.881. The first-order chi connectivity index (χ1) is 8.71. The first-order valence-electron chi connectivity index (χ1n) is 4.48. The molecule has 0 aromatic heterocycles. The highest BCUT2D eigenvalue weighted by Gasteiger charge is 2.33. The van der Waals surface area contributed by atoms with Crippen molar-refractivity contribution in [2.75, 3.05) is 6.79 Å². The molecule has 0 spiro atoms. The SMILES string of the molecule is O=C(OCOS(=O)[O-])c1ccc(C(F)(F)F)c(Cl)c1. The van der Waals surface area contributed by atoms with Gasteiger partial charge in [-0.25, -0.2) is 9.00 Å². The van der Waals surface area contributed by atoms with E-state index in [9.17, 15) is 26.7 Å². The number of hydrogen-bond acceptors (Lipinski definition) is 5. The summed E-state index contributed by atoms with van der Waals surface area (Å²) in [4.78, 5) is 11.3. The number of halogens is 4. The maximum absolute atomic E-state index is 12.4. The summed E-state index contributed by atoms with van der Waals surface area (Å²) in [7, 11) is 0. The summed E-state index contributed by atoms with van der Waals surface area (Å²) >= 11 is 2.52. The number of carbonyl (C=O) groups is 1. The van der Waals surface area contributed by atoms with Crippen molar-refractivity contribution in [3.8, 4) is 0 Å². The molecule has 1 atom stereocenters. The fourth-order valence-electron chi connectivity index (χ4n) is 1.07. The van der Waals surface area contributed by atoms with Gasteiger partial charge in [0.15, 0.2) is 0 Å². The van der Waals surface area contributed by atoms with E-state index >= 15 is 0 Å². The predicted octanol–water partition coefficient (Wildman–Crippen LogP) is 2.28. The molecule has 0 amide bonds. The number of esters is 1. The van der Waals surface area contributed by atoms with Crippen molar-refractivity contribution in [2.24, 2.45) is 0 Å². The second-order valence-electron chi connectivity index (χ2n) is 3.06. The van der Waals surface area contributed by atoms with Crippen LogP contribution in [0.15, 0.2) is 18.2 Å². The number of carbonyl (C=O) groups excluding carboxylic acids is 1. The van der Waals surface area contributed by atoms with E-state index in [4.69, 9.17) is 11.6 Å². The Morgan fingerprint density at radius 3 is 2.53 bits per heavy atom. The van der Waals surface area contributed by atoms with Crippen LogP contribution in [0, 0.1) is 0 Å². The molecule has 5 nitrogen and oxygen atoms in total. The number of hydrogen-bond donors (Lipinski definition) is 0. The largest absolute Gasteiger partial charge is 0.750 e. The van der Waals surface area contributed by atoms with Crippen LogP contribution in [0.5, 0.6) is 0 Å². The van der Waals surface area contributed by atoms with Crippen LogP contribution < -0.4 is 0 Å². The van der Waals surface area contributed by atoms with Gasteiger partial charge >= 0.3 is 12.1 Å². The zero-order valence-corrected chi connectivity index (χ0v) is 10.5. The molecule has 0 saturated carbocycles. The van der Waals surface area contributed by atoms with Crippen LogP contribution in [0.4, 0.5) is 13.2 Å². The van der Waals surface area contributed by atoms with Crippen molar-refractivity contribution in [2.45, 2.75) is 6.18 Å². The fraction of sp³-hybridized carbons (Fsp3) is 0.222. The molecule has 1 rings (SSSR count). The molecule has 106 valence electrons. The van der Waals surface area contributed by atoms with E-state index in [2.05, 4.69) is 8.92 Å². The molecule has 1 unspecified atom stereocenters. The van der Waals surface area contributed by atoms with Gasteiger partial charge in [0.05, 0.1) is 27.5 Å². The molecule has 0 aliphatic rings. The monoisotopic (exact) mass is 317 g/mol. The third-order valence-electron chi connectivity index (χ3n) is 1.84. The minimum Gasteiger partial charge on any atom is -0.750 e. The summed E-state index contributed by atoms with van der Waals surface area (Å²) in [6.07, 6.45) is -4.64. The Balaban J connectivity index is 2.78. The highest BCUT2D eigenvalue weighted by Crippen LogP contribution is 2.34. The summed E-state index contributed by atoms with van der Waals surface area (Å²) in [5.74, 6) is -1.07. The standard InChI is InChI=1S/C9H6ClF3O5S/c10-7-3-5(1-2-6(7)9(11,12)13)8(14)17-4-18-19(15)16/h1-3H,4H2,(H,15,16)/p-1. The molecule has 1 aromatic rings. The summed E-state index contributed by atoms with van der Waals surface area (Å²) in [6, 6.07) is 2.23. The van der Waals surface area contributed by atoms with Gasteiger partial charge in [-0.3, -0.25) is 4.18 Å². The third kappa shape index (κ3) is 4.78. The number of benzene rings is 1. The summed E-state index contributed by atoms with van der Waals surface area (Å²) < 4.78 is 65.3. The van der Waals surface area contributed by atoms with Crippen LogP contribution in [0.1, 0.15) is 15.9 Å². The van der Waals surface area contributed by atoms with Gasteiger partial charge in [-0.15, -0.1) is 0 Å². The Hall–Kier alpha value is -1.16. The molecule has 0 radical (unpaired) electrons. The van der Waals surface area contributed by atoms with E-state index in [1.807, 2.05) is 0 Å². The van der Waals surface area contributed by atoms with Crippen molar-refractivity contribution in [3.05, 3.63) is 34.3 Å². The number of rotatable bonds is 4.